The average Bonchev–Trinajstić information content (AvgIpc) is 3.34. The van der Waals surface area contributed by atoms with Crippen LogP contribution in [0.25, 0.3) is 6.08 Å². The van der Waals surface area contributed by atoms with Crippen LogP contribution in [0.3, 0.4) is 0 Å². The first-order valence-electron chi connectivity index (χ1n) is 10.1. The van der Waals surface area contributed by atoms with Crippen molar-refractivity contribution in [2.24, 2.45) is 5.92 Å². The molecule has 7 nitrogen and oxygen atoms in total. The number of amides is 2. The third-order valence-electron chi connectivity index (χ3n) is 5.56. The number of hydrogen-bond donors (Lipinski definition) is 2. The minimum atomic E-state index is -0.341. The molecule has 2 aromatic rings. The molecule has 2 aromatic heterocycles. The normalized spacial score (nSPS) is 18.3. The molecular formula is C22H23N3O4S. The Kier molecular flexibility index (Phi) is 6.19. The number of nitrogens with zero attached hydrogens (tertiary/aromatic N) is 1. The van der Waals surface area contributed by atoms with Gasteiger partial charge in [-0.3, -0.25) is 4.79 Å². The Morgan fingerprint density at radius 1 is 1.37 bits per heavy atom. The van der Waals surface area contributed by atoms with Crippen molar-refractivity contribution in [1.82, 2.24) is 5.32 Å². The molecule has 0 aliphatic heterocycles. The number of nitrogens with one attached hydrogen (secondary N) is 2. The van der Waals surface area contributed by atoms with Gasteiger partial charge in [-0.2, -0.15) is 5.26 Å². The van der Waals surface area contributed by atoms with E-state index >= 15 is 0 Å². The lowest BCUT2D eigenvalue weighted by molar-refractivity contribution is -0.111. The molecule has 0 saturated heterocycles. The van der Waals surface area contributed by atoms with Crippen LogP contribution in [0.1, 0.15) is 47.3 Å². The van der Waals surface area contributed by atoms with Crippen LogP contribution in [-0.4, -0.2) is 24.6 Å². The lowest BCUT2D eigenvalue weighted by Crippen LogP contribution is -2.40. The summed E-state index contributed by atoms with van der Waals surface area (Å²) in [6.45, 7) is 0.368. The highest BCUT2D eigenvalue weighted by Gasteiger charge is 2.27. The minimum absolute atomic E-state index is 0.222. The number of thiophene rings is 1. The topological polar surface area (TPSA) is 104 Å². The van der Waals surface area contributed by atoms with E-state index in [2.05, 4.69) is 16.7 Å². The summed E-state index contributed by atoms with van der Waals surface area (Å²) in [5.74, 6) is -0.0711. The maximum atomic E-state index is 12.3. The number of furan rings is 1. The Morgan fingerprint density at radius 2 is 2.23 bits per heavy atom. The van der Waals surface area contributed by atoms with Gasteiger partial charge in [0, 0.05) is 22.6 Å². The molecule has 0 radical (unpaired) electrons. The van der Waals surface area contributed by atoms with Crippen LogP contribution in [0.2, 0.25) is 0 Å². The average molecular weight is 426 g/mol. The molecule has 1 atom stereocenters. The quantitative estimate of drug-likeness (QED) is 0.674. The van der Waals surface area contributed by atoms with Crippen LogP contribution in [0.5, 0.6) is 0 Å². The molecule has 0 aromatic carbocycles. The van der Waals surface area contributed by atoms with Crippen LogP contribution in [0, 0.1) is 17.2 Å². The van der Waals surface area contributed by atoms with Gasteiger partial charge in [-0.05, 0) is 62.1 Å². The predicted octanol–water partition coefficient (Wildman–Crippen LogP) is 4.25. The highest BCUT2D eigenvalue weighted by Crippen LogP contribution is 2.39. The van der Waals surface area contributed by atoms with Crippen molar-refractivity contribution >= 4 is 34.4 Å². The van der Waals surface area contributed by atoms with Crippen LogP contribution < -0.4 is 10.6 Å². The molecule has 8 heteroatoms. The molecule has 0 spiro atoms. The van der Waals surface area contributed by atoms with Crippen LogP contribution >= 0.6 is 11.3 Å². The Labute approximate surface area is 178 Å². The lowest BCUT2D eigenvalue weighted by atomic mass is 9.88. The highest BCUT2D eigenvalue weighted by molar-refractivity contribution is 7.16. The van der Waals surface area contributed by atoms with Gasteiger partial charge in [0.05, 0.1) is 24.7 Å². The summed E-state index contributed by atoms with van der Waals surface area (Å²) in [6, 6.07) is 4.26. The zero-order chi connectivity index (χ0) is 20.9. The van der Waals surface area contributed by atoms with Gasteiger partial charge in [0.1, 0.15) is 11.1 Å². The van der Waals surface area contributed by atoms with E-state index in [4.69, 9.17) is 9.15 Å². The van der Waals surface area contributed by atoms with Crippen molar-refractivity contribution in [3.8, 4) is 6.07 Å². The van der Waals surface area contributed by atoms with Crippen molar-refractivity contribution in [1.29, 1.82) is 5.26 Å². The first-order chi connectivity index (χ1) is 14.6. The number of alkyl carbamates (subject to hydrolysis) is 1. The van der Waals surface area contributed by atoms with Gasteiger partial charge in [0.2, 0.25) is 5.91 Å². The molecule has 2 aliphatic carbocycles. The van der Waals surface area contributed by atoms with E-state index in [0.29, 0.717) is 17.2 Å². The maximum Gasteiger partial charge on any atom is 0.407 e. The van der Waals surface area contributed by atoms with E-state index in [-0.39, 0.29) is 24.0 Å². The Hall–Kier alpha value is -3.05. The standard InChI is InChI=1S/C22H23N3O4S/c23-11-18-17-6-4-15(13-29-22(27)24-16-2-1-3-16)10-19(17)30-21(18)25-20(26)7-5-14-8-9-28-12-14/h5,7-9,12,15-16H,1-4,6,10,13H2,(H,24,27)(H,25,26). The smallest absolute Gasteiger partial charge is 0.407 e. The third-order valence-corrected chi connectivity index (χ3v) is 6.73. The summed E-state index contributed by atoms with van der Waals surface area (Å²) in [5, 5.41) is 15.9. The minimum Gasteiger partial charge on any atom is -0.472 e. The molecule has 4 rings (SSSR count). The molecular weight excluding hydrogens is 402 g/mol. The van der Waals surface area contributed by atoms with Crippen LogP contribution in [-0.2, 0) is 22.4 Å². The molecule has 1 saturated carbocycles. The summed E-state index contributed by atoms with van der Waals surface area (Å²) >= 11 is 1.44. The summed E-state index contributed by atoms with van der Waals surface area (Å²) in [6.07, 6.45) is 11.4. The molecule has 30 heavy (non-hydrogen) atoms. The molecule has 2 N–H and O–H groups in total. The number of carbonyl (C=O) groups excluding carboxylic acids is 2. The van der Waals surface area contributed by atoms with E-state index in [1.54, 1.807) is 18.4 Å². The summed E-state index contributed by atoms with van der Waals surface area (Å²) in [7, 11) is 0. The molecule has 1 fully saturated rings. The fraction of sp³-hybridized carbons (Fsp3) is 0.409. The molecule has 2 amide bonds. The largest absolute Gasteiger partial charge is 0.472 e. The van der Waals surface area contributed by atoms with Crippen molar-refractivity contribution in [3.05, 3.63) is 46.2 Å². The summed E-state index contributed by atoms with van der Waals surface area (Å²) in [4.78, 5) is 25.2. The van der Waals surface area contributed by atoms with E-state index in [1.807, 2.05) is 0 Å². The van der Waals surface area contributed by atoms with E-state index in [9.17, 15) is 14.9 Å². The monoisotopic (exact) mass is 425 g/mol. The third kappa shape index (κ3) is 4.74. The fourth-order valence-corrected chi connectivity index (χ4v) is 4.97. The first-order valence-corrected chi connectivity index (χ1v) is 10.9. The molecule has 156 valence electrons. The SMILES string of the molecule is N#Cc1c(NC(=O)C=Cc2ccoc2)sc2c1CCC(COC(=O)NC1CCC1)C2. The Balaban J connectivity index is 1.35. The van der Waals surface area contributed by atoms with E-state index in [1.165, 1.54) is 23.7 Å². The van der Waals surface area contributed by atoms with Gasteiger partial charge < -0.3 is 19.8 Å². The van der Waals surface area contributed by atoms with E-state index < -0.39 is 0 Å². The van der Waals surface area contributed by atoms with Crippen molar-refractivity contribution in [3.63, 3.8) is 0 Å². The summed E-state index contributed by atoms with van der Waals surface area (Å²) < 4.78 is 10.4. The van der Waals surface area contributed by atoms with Gasteiger partial charge in [-0.1, -0.05) is 0 Å². The van der Waals surface area contributed by atoms with Gasteiger partial charge in [-0.15, -0.1) is 11.3 Å². The second kappa shape index (κ2) is 9.18. The van der Waals surface area contributed by atoms with Crippen molar-refractivity contribution in [2.45, 2.75) is 44.6 Å². The molecule has 1 unspecified atom stereocenters. The summed E-state index contributed by atoms with van der Waals surface area (Å²) in [5.41, 5.74) is 2.34. The van der Waals surface area contributed by atoms with Crippen LogP contribution in [0.15, 0.2) is 29.1 Å². The number of anilines is 1. The molecule has 2 aliphatic rings. The number of rotatable bonds is 6. The number of nitriles is 1. The Bertz CT molecular complexity index is 983. The van der Waals surface area contributed by atoms with Crippen molar-refractivity contribution in [2.75, 3.05) is 11.9 Å². The lowest BCUT2D eigenvalue weighted by Gasteiger charge is -2.27. The number of hydrogen-bond acceptors (Lipinski definition) is 6. The molecule has 2 heterocycles. The Morgan fingerprint density at radius 3 is 2.93 bits per heavy atom. The number of fused-ring (bicyclic) bond motifs is 1. The second-order valence-corrected chi connectivity index (χ2v) is 8.78. The zero-order valence-electron chi connectivity index (χ0n) is 16.5. The predicted molar refractivity (Wildman–Crippen MR) is 113 cm³/mol. The number of ether oxygens (including phenoxy) is 1. The van der Waals surface area contributed by atoms with Gasteiger partial charge >= 0.3 is 6.09 Å². The fourth-order valence-electron chi connectivity index (χ4n) is 3.65. The van der Waals surface area contributed by atoms with Crippen molar-refractivity contribution < 1.29 is 18.7 Å². The van der Waals surface area contributed by atoms with Gasteiger partial charge in [0.25, 0.3) is 0 Å². The first kappa shape index (κ1) is 20.2. The highest BCUT2D eigenvalue weighted by atomic mass is 32.1. The maximum absolute atomic E-state index is 12.3. The zero-order valence-corrected chi connectivity index (χ0v) is 17.3. The van der Waals surface area contributed by atoms with Crippen LogP contribution in [0.4, 0.5) is 9.80 Å². The molecule has 0 bridgehead atoms. The van der Waals surface area contributed by atoms with E-state index in [0.717, 1.165) is 54.5 Å². The van der Waals surface area contributed by atoms with Gasteiger partial charge in [0.15, 0.2) is 0 Å². The number of carbonyl (C=O) groups is 2. The second-order valence-electron chi connectivity index (χ2n) is 7.68. The van der Waals surface area contributed by atoms with Gasteiger partial charge in [-0.25, -0.2) is 4.79 Å².